The molecule has 2 aromatic rings. The minimum atomic E-state index is -0.340. The van der Waals surface area contributed by atoms with Gasteiger partial charge in [-0.05, 0) is 28.8 Å². The summed E-state index contributed by atoms with van der Waals surface area (Å²) >= 11 is 0. The summed E-state index contributed by atoms with van der Waals surface area (Å²) in [6.45, 7) is 0.258. The van der Waals surface area contributed by atoms with Crippen LogP contribution in [-0.4, -0.2) is 33.7 Å². The van der Waals surface area contributed by atoms with Gasteiger partial charge in [0.1, 0.15) is 0 Å². The molecule has 0 bridgehead atoms. The Hall–Kier alpha value is -2.83. The SMILES string of the molecule is COCOc1ccc(C=Cc2ccc(CC(N)=O)cc2)cc1OCOC. The monoisotopic (exact) mass is 357 g/mol. The Bertz CT molecular complexity index is 740. The number of rotatable bonds is 10. The molecule has 26 heavy (non-hydrogen) atoms. The summed E-state index contributed by atoms with van der Waals surface area (Å²) in [5.41, 5.74) is 8.05. The Labute approximate surface area is 153 Å². The van der Waals surface area contributed by atoms with E-state index >= 15 is 0 Å². The number of amides is 1. The quantitative estimate of drug-likeness (QED) is 0.522. The van der Waals surface area contributed by atoms with E-state index in [1.165, 1.54) is 0 Å². The van der Waals surface area contributed by atoms with Gasteiger partial charge in [-0.15, -0.1) is 0 Å². The first kappa shape index (κ1) is 19.5. The zero-order valence-electron chi connectivity index (χ0n) is 14.9. The second-order valence-corrected chi connectivity index (χ2v) is 5.53. The highest BCUT2D eigenvalue weighted by atomic mass is 16.7. The average molecular weight is 357 g/mol. The van der Waals surface area contributed by atoms with Gasteiger partial charge in [-0.25, -0.2) is 0 Å². The molecule has 0 aliphatic carbocycles. The Morgan fingerprint density at radius 3 is 2.08 bits per heavy atom. The zero-order valence-corrected chi connectivity index (χ0v) is 14.9. The number of carbonyl (C=O) groups is 1. The summed E-state index contributed by atoms with van der Waals surface area (Å²) in [4.78, 5) is 10.9. The second kappa shape index (κ2) is 10.2. The van der Waals surface area contributed by atoms with E-state index in [4.69, 9.17) is 24.7 Å². The summed E-state index contributed by atoms with van der Waals surface area (Å²) in [6.07, 6.45) is 4.18. The van der Waals surface area contributed by atoms with E-state index in [2.05, 4.69) is 0 Å². The van der Waals surface area contributed by atoms with Gasteiger partial charge in [-0.2, -0.15) is 0 Å². The number of hydrogen-bond acceptors (Lipinski definition) is 5. The van der Waals surface area contributed by atoms with Gasteiger partial charge in [0.05, 0.1) is 6.42 Å². The Kier molecular flexibility index (Phi) is 7.67. The highest BCUT2D eigenvalue weighted by Gasteiger charge is 2.06. The Morgan fingerprint density at radius 1 is 0.885 bits per heavy atom. The van der Waals surface area contributed by atoms with Crippen molar-refractivity contribution in [3.05, 3.63) is 59.2 Å². The maximum Gasteiger partial charge on any atom is 0.221 e. The lowest BCUT2D eigenvalue weighted by molar-refractivity contribution is -0.117. The van der Waals surface area contributed by atoms with Crippen LogP contribution in [0, 0.1) is 0 Å². The Balaban J connectivity index is 2.11. The van der Waals surface area contributed by atoms with Gasteiger partial charge in [-0.3, -0.25) is 4.79 Å². The molecule has 2 N–H and O–H groups in total. The molecule has 0 heterocycles. The molecular weight excluding hydrogens is 334 g/mol. The maximum atomic E-state index is 10.9. The summed E-state index contributed by atoms with van der Waals surface area (Å²) in [6, 6.07) is 13.3. The van der Waals surface area contributed by atoms with Crippen LogP contribution in [0.2, 0.25) is 0 Å². The molecule has 6 nitrogen and oxygen atoms in total. The molecule has 0 aromatic heterocycles. The fourth-order valence-electron chi connectivity index (χ4n) is 2.25. The normalized spacial score (nSPS) is 10.8. The first-order chi connectivity index (χ1) is 12.6. The van der Waals surface area contributed by atoms with Gasteiger partial charge in [0.25, 0.3) is 0 Å². The van der Waals surface area contributed by atoms with Crippen molar-refractivity contribution in [3.8, 4) is 11.5 Å². The van der Waals surface area contributed by atoms with Gasteiger partial charge in [-0.1, -0.05) is 42.5 Å². The molecule has 0 saturated heterocycles. The van der Waals surface area contributed by atoms with E-state index in [-0.39, 0.29) is 25.9 Å². The molecule has 0 saturated carbocycles. The summed E-state index contributed by atoms with van der Waals surface area (Å²) < 4.78 is 20.9. The highest BCUT2D eigenvalue weighted by molar-refractivity contribution is 5.77. The first-order valence-electron chi connectivity index (χ1n) is 8.05. The van der Waals surface area contributed by atoms with E-state index in [1.54, 1.807) is 14.2 Å². The molecular formula is C20H23NO5. The van der Waals surface area contributed by atoms with Crippen molar-refractivity contribution in [1.29, 1.82) is 0 Å². The van der Waals surface area contributed by atoms with Crippen LogP contribution in [0.15, 0.2) is 42.5 Å². The van der Waals surface area contributed by atoms with Crippen LogP contribution < -0.4 is 15.2 Å². The number of carbonyl (C=O) groups excluding carboxylic acids is 1. The minimum Gasteiger partial charge on any atom is -0.464 e. The van der Waals surface area contributed by atoms with Crippen LogP contribution in [0.4, 0.5) is 0 Å². The van der Waals surface area contributed by atoms with Crippen LogP contribution in [-0.2, 0) is 20.7 Å². The van der Waals surface area contributed by atoms with Gasteiger partial charge in [0.15, 0.2) is 25.1 Å². The van der Waals surface area contributed by atoms with Crippen LogP contribution in [0.3, 0.4) is 0 Å². The van der Waals surface area contributed by atoms with Gasteiger partial charge >= 0.3 is 0 Å². The number of ether oxygens (including phenoxy) is 4. The Morgan fingerprint density at radius 2 is 1.46 bits per heavy atom. The predicted octanol–water partition coefficient (Wildman–Crippen LogP) is 2.85. The van der Waals surface area contributed by atoms with Crippen molar-refractivity contribution in [2.75, 3.05) is 27.8 Å². The van der Waals surface area contributed by atoms with E-state index in [0.717, 1.165) is 16.7 Å². The largest absolute Gasteiger partial charge is 0.464 e. The lowest BCUT2D eigenvalue weighted by Crippen LogP contribution is -2.13. The van der Waals surface area contributed by atoms with Gasteiger partial charge in [0, 0.05) is 14.2 Å². The second-order valence-electron chi connectivity index (χ2n) is 5.53. The van der Waals surface area contributed by atoms with Crippen LogP contribution >= 0.6 is 0 Å². The molecule has 2 rings (SSSR count). The average Bonchev–Trinajstić information content (AvgIpc) is 2.64. The molecule has 0 fully saturated rings. The van der Waals surface area contributed by atoms with Crippen molar-refractivity contribution in [2.45, 2.75) is 6.42 Å². The fourth-order valence-corrected chi connectivity index (χ4v) is 2.25. The zero-order chi connectivity index (χ0) is 18.8. The minimum absolute atomic E-state index is 0.123. The van der Waals surface area contributed by atoms with Crippen LogP contribution in [0.1, 0.15) is 16.7 Å². The topological polar surface area (TPSA) is 80.0 Å². The number of methoxy groups -OCH3 is 2. The third-order valence-electron chi connectivity index (χ3n) is 3.46. The molecule has 0 unspecified atom stereocenters. The lowest BCUT2D eigenvalue weighted by Gasteiger charge is -2.12. The lowest BCUT2D eigenvalue weighted by atomic mass is 10.1. The third kappa shape index (κ3) is 6.23. The number of benzene rings is 2. The highest BCUT2D eigenvalue weighted by Crippen LogP contribution is 2.29. The maximum absolute atomic E-state index is 10.9. The number of nitrogens with two attached hydrogens (primary N) is 1. The third-order valence-corrected chi connectivity index (χ3v) is 3.46. The number of hydrogen-bond donors (Lipinski definition) is 1. The molecule has 0 radical (unpaired) electrons. The molecule has 1 amide bonds. The smallest absolute Gasteiger partial charge is 0.221 e. The molecule has 0 spiro atoms. The molecule has 2 aromatic carbocycles. The van der Waals surface area contributed by atoms with Crippen LogP contribution in [0.5, 0.6) is 11.5 Å². The molecule has 0 atom stereocenters. The molecule has 6 heteroatoms. The summed E-state index contributed by atoms with van der Waals surface area (Å²) in [7, 11) is 3.11. The van der Waals surface area contributed by atoms with Crippen molar-refractivity contribution in [1.82, 2.24) is 0 Å². The molecule has 138 valence electrons. The van der Waals surface area contributed by atoms with E-state index in [1.807, 2.05) is 54.6 Å². The summed E-state index contributed by atoms with van der Waals surface area (Å²) in [5.74, 6) is 0.812. The van der Waals surface area contributed by atoms with Crippen molar-refractivity contribution in [3.63, 3.8) is 0 Å². The van der Waals surface area contributed by atoms with Gasteiger partial charge in [0.2, 0.25) is 5.91 Å². The number of primary amides is 1. The van der Waals surface area contributed by atoms with E-state index < -0.39 is 0 Å². The van der Waals surface area contributed by atoms with Crippen molar-refractivity contribution in [2.24, 2.45) is 5.73 Å². The summed E-state index contributed by atoms with van der Waals surface area (Å²) in [5, 5.41) is 0. The predicted molar refractivity (Wildman–Crippen MR) is 99.7 cm³/mol. The van der Waals surface area contributed by atoms with E-state index in [9.17, 15) is 4.79 Å². The molecule has 0 aliphatic rings. The van der Waals surface area contributed by atoms with Gasteiger partial charge < -0.3 is 24.7 Å². The molecule has 0 aliphatic heterocycles. The van der Waals surface area contributed by atoms with Crippen LogP contribution in [0.25, 0.3) is 12.2 Å². The van der Waals surface area contributed by atoms with E-state index in [0.29, 0.717) is 11.5 Å². The fraction of sp³-hybridized carbons (Fsp3) is 0.250. The standard InChI is InChI=1S/C20H23NO5/c1-23-13-25-18-10-9-16(11-19(18)26-14-24-2)6-3-15-4-7-17(8-5-15)12-20(21)22/h3-11H,12-14H2,1-2H3,(H2,21,22). The van der Waals surface area contributed by atoms with Crippen molar-refractivity contribution >= 4 is 18.1 Å². The first-order valence-corrected chi connectivity index (χ1v) is 8.05. The van der Waals surface area contributed by atoms with Crippen molar-refractivity contribution < 1.29 is 23.7 Å².